The third-order valence-corrected chi connectivity index (χ3v) is 6.48. The summed E-state index contributed by atoms with van der Waals surface area (Å²) in [6.07, 6.45) is 2.41. The second-order valence-electron chi connectivity index (χ2n) is 7.59. The Kier molecular flexibility index (Phi) is 4.71. The Balaban J connectivity index is 1.37. The smallest absolute Gasteiger partial charge is 0.194 e. The first-order valence-electron chi connectivity index (χ1n) is 9.90. The molecule has 2 aliphatic rings. The lowest BCUT2D eigenvalue weighted by Crippen LogP contribution is -2.36. The van der Waals surface area contributed by atoms with Crippen LogP contribution >= 0.6 is 11.5 Å². The van der Waals surface area contributed by atoms with Gasteiger partial charge in [-0.2, -0.15) is 4.37 Å². The van der Waals surface area contributed by atoms with Gasteiger partial charge in [0.15, 0.2) is 16.7 Å². The van der Waals surface area contributed by atoms with Crippen molar-refractivity contribution >= 4 is 11.5 Å². The molecule has 152 valence electrons. The number of ether oxygens (including phenoxy) is 2. The molecule has 0 radical (unpaired) electrons. The molecule has 0 amide bonds. The first-order chi connectivity index (χ1) is 14.2. The van der Waals surface area contributed by atoms with Gasteiger partial charge in [0.1, 0.15) is 17.3 Å². The maximum absolute atomic E-state index is 5.57. The molecular weight excluding hydrogens is 388 g/mol. The van der Waals surface area contributed by atoms with Gasteiger partial charge in [-0.3, -0.25) is 4.90 Å². The van der Waals surface area contributed by atoms with Gasteiger partial charge in [0, 0.05) is 37.2 Å². The Morgan fingerprint density at radius 1 is 1.14 bits per heavy atom. The molecule has 8 nitrogen and oxygen atoms in total. The summed E-state index contributed by atoms with van der Waals surface area (Å²) in [5, 5.41) is 9.84. The van der Waals surface area contributed by atoms with Gasteiger partial charge in [-0.15, -0.1) is 10.2 Å². The summed E-state index contributed by atoms with van der Waals surface area (Å²) in [5.74, 6) is 4.98. The second-order valence-corrected chi connectivity index (χ2v) is 8.34. The molecule has 3 aromatic rings. The molecule has 29 heavy (non-hydrogen) atoms. The van der Waals surface area contributed by atoms with Crippen molar-refractivity contribution in [1.29, 1.82) is 0 Å². The zero-order valence-electron chi connectivity index (χ0n) is 16.8. The van der Waals surface area contributed by atoms with Gasteiger partial charge in [-0.25, -0.2) is 4.98 Å². The van der Waals surface area contributed by atoms with E-state index in [2.05, 4.69) is 37.0 Å². The highest BCUT2D eigenvalue weighted by atomic mass is 32.1. The molecule has 2 aromatic heterocycles. The van der Waals surface area contributed by atoms with Crippen molar-refractivity contribution < 1.29 is 9.47 Å². The average molecular weight is 413 g/mol. The predicted molar refractivity (Wildman–Crippen MR) is 109 cm³/mol. The fourth-order valence-corrected chi connectivity index (χ4v) is 4.58. The fraction of sp³-hybridized carbons (Fsp3) is 0.500. The Hall–Kier alpha value is -2.52. The third-order valence-electron chi connectivity index (χ3n) is 5.75. The van der Waals surface area contributed by atoms with Gasteiger partial charge in [-0.05, 0) is 37.4 Å². The number of fused-ring (bicyclic) bond motifs is 1. The molecule has 0 saturated heterocycles. The number of methoxy groups -OCH3 is 2. The minimum atomic E-state index is 0.146. The van der Waals surface area contributed by atoms with Crippen molar-refractivity contribution in [2.45, 2.75) is 44.8 Å². The van der Waals surface area contributed by atoms with E-state index in [9.17, 15) is 0 Å². The highest BCUT2D eigenvalue weighted by molar-refractivity contribution is 7.09. The molecule has 1 atom stereocenters. The number of hydrogen-bond donors (Lipinski definition) is 0. The quantitative estimate of drug-likeness (QED) is 0.615. The number of aromatic nitrogens is 5. The van der Waals surface area contributed by atoms with E-state index >= 15 is 0 Å². The van der Waals surface area contributed by atoms with Crippen LogP contribution in [0.15, 0.2) is 18.2 Å². The SMILES string of the molecule is COc1ccc(CN2CCn3c(-c4nc(C5CC5)ns4)nnc3[C@H]2C)c(OC)c1. The van der Waals surface area contributed by atoms with E-state index in [1.807, 2.05) is 12.1 Å². The van der Waals surface area contributed by atoms with Crippen molar-refractivity contribution in [3.63, 3.8) is 0 Å². The van der Waals surface area contributed by atoms with Crippen LogP contribution in [0.2, 0.25) is 0 Å². The first-order valence-corrected chi connectivity index (χ1v) is 10.7. The predicted octanol–water partition coefficient (Wildman–Crippen LogP) is 3.27. The second kappa shape index (κ2) is 7.38. The Morgan fingerprint density at radius 3 is 2.76 bits per heavy atom. The molecule has 0 spiro atoms. The highest BCUT2D eigenvalue weighted by Gasteiger charge is 2.32. The number of rotatable bonds is 6. The van der Waals surface area contributed by atoms with Gasteiger partial charge >= 0.3 is 0 Å². The van der Waals surface area contributed by atoms with E-state index in [1.54, 1.807) is 14.2 Å². The molecule has 3 heterocycles. The van der Waals surface area contributed by atoms with Crippen molar-refractivity contribution in [2.75, 3.05) is 20.8 Å². The lowest BCUT2D eigenvalue weighted by molar-refractivity contribution is 0.155. The van der Waals surface area contributed by atoms with Gasteiger partial charge in [-0.1, -0.05) is 6.07 Å². The van der Waals surface area contributed by atoms with Gasteiger partial charge in [0.05, 0.1) is 20.3 Å². The van der Waals surface area contributed by atoms with Gasteiger partial charge in [0.25, 0.3) is 0 Å². The van der Waals surface area contributed by atoms with E-state index in [0.29, 0.717) is 5.92 Å². The summed E-state index contributed by atoms with van der Waals surface area (Å²) < 4.78 is 17.6. The largest absolute Gasteiger partial charge is 0.497 e. The monoisotopic (exact) mass is 412 g/mol. The Labute approximate surface area is 173 Å². The molecular formula is C20H24N6O2S. The van der Waals surface area contributed by atoms with Gasteiger partial charge < -0.3 is 14.0 Å². The van der Waals surface area contributed by atoms with Crippen LogP contribution in [0.3, 0.4) is 0 Å². The van der Waals surface area contributed by atoms with E-state index in [1.165, 1.54) is 24.4 Å². The molecule has 9 heteroatoms. The fourth-order valence-electron chi connectivity index (χ4n) is 3.84. The van der Waals surface area contributed by atoms with Crippen LogP contribution in [0.4, 0.5) is 0 Å². The molecule has 1 aliphatic carbocycles. The minimum absolute atomic E-state index is 0.146. The average Bonchev–Trinajstić information content (AvgIpc) is 3.32. The van der Waals surface area contributed by atoms with Crippen LogP contribution in [-0.2, 0) is 13.1 Å². The lowest BCUT2D eigenvalue weighted by Gasteiger charge is -2.33. The summed E-state index contributed by atoms with van der Waals surface area (Å²) in [6.45, 7) is 4.69. The van der Waals surface area contributed by atoms with Crippen LogP contribution in [0.25, 0.3) is 10.8 Å². The molecule has 1 fully saturated rings. The summed E-state index contributed by atoms with van der Waals surface area (Å²) in [7, 11) is 3.36. The number of nitrogens with zero attached hydrogens (tertiary/aromatic N) is 6. The number of hydrogen-bond acceptors (Lipinski definition) is 8. The maximum atomic E-state index is 5.57. The van der Waals surface area contributed by atoms with E-state index in [-0.39, 0.29) is 6.04 Å². The zero-order chi connectivity index (χ0) is 20.0. The van der Waals surface area contributed by atoms with E-state index < -0.39 is 0 Å². The number of benzene rings is 1. The topological polar surface area (TPSA) is 78.2 Å². The maximum Gasteiger partial charge on any atom is 0.194 e. The lowest BCUT2D eigenvalue weighted by atomic mass is 10.1. The molecule has 0 N–H and O–H groups in total. The standard InChI is InChI=1S/C20H24N6O2S/c1-12-18-22-23-19(20-21-17(24-29-20)13-4-5-13)26(18)9-8-25(12)11-14-6-7-15(27-2)10-16(14)28-3/h6-7,10,12-13H,4-5,8-9,11H2,1-3H3/t12-/m1/s1. The van der Waals surface area contributed by atoms with Crippen LogP contribution in [-0.4, -0.2) is 49.8 Å². The molecule has 5 rings (SSSR count). The Bertz CT molecular complexity index is 1030. The summed E-state index contributed by atoms with van der Waals surface area (Å²) in [5.41, 5.74) is 1.13. The normalized spacial score (nSPS) is 19.2. The van der Waals surface area contributed by atoms with Crippen molar-refractivity contribution in [1.82, 2.24) is 29.0 Å². The molecule has 0 unspecified atom stereocenters. The summed E-state index contributed by atoms with van der Waals surface area (Å²) in [6, 6.07) is 6.11. The van der Waals surface area contributed by atoms with Crippen molar-refractivity contribution in [3.8, 4) is 22.3 Å². The highest BCUT2D eigenvalue weighted by Crippen LogP contribution is 2.40. The van der Waals surface area contributed by atoms with Crippen molar-refractivity contribution in [2.24, 2.45) is 0 Å². The van der Waals surface area contributed by atoms with E-state index in [4.69, 9.17) is 14.5 Å². The zero-order valence-corrected chi connectivity index (χ0v) is 17.6. The van der Waals surface area contributed by atoms with Crippen LogP contribution in [0.1, 0.15) is 48.9 Å². The van der Waals surface area contributed by atoms with Crippen molar-refractivity contribution in [3.05, 3.63) is 35.4 Å². The Morgan fingerprint density at radius 2 is 2.00 bits per heavy atom. The molecule has 0 bridgehead atoms. The molecule has 1 aliphatic heterocycles. The first kappa shape index (κ1) is 18.5. The van der Waals surface area contributed by atoms with Gasteiger partial charge in [0.2, 0.25) is 0 Å². The summed E-state index contributed by atoms with van der Waals surface area (Å²) >= 11 is 1.44. The minimum Gasteiger partial charge on any atom is -0.497 e. The van der Waals surface area contributed by atoms with Crippen LogP contribution in [0, 0.1) is 0 Å². The third kappa shape index (κ3) is 3.38. The summed E-state index contributed by atoms with van der Waals surface area (Å²) in [4.78, 5) is 7.11. The van der Waals surface area contributed by atoms with Crippen LogP contribution < -0.4 is 9.47 Å². The van der Waals surface area contributed by atoms with E-state index in [0.717, 1.165) is 59.2 Å². The molecule has 1 saturated carbocycles. The molecule has 1 aromatic carbocycles. The van der Waals surface area contributed by atoms with Crippen LogP contribution in [0.5, 0.6) is 11.5 Å².